The molecule has 4 aromatic rings. The van der Waals surface area contributed by atoms with Gasteiger partial charge in [0.25, 0.3) is 0 Å². The van der Waals surface area contributed by atoms with Crippen molar-refractivity contribution in [2.24, 2.45) is 0 Å². The van der Waals surface area contributed by atoms with Gasteiger partial charge in [0.1, 0.15) is 29.7 Å². The number of hydrogen-bond donors (Lipinski definition) is 1. The first-order chi connectivity index (χ1) is 21.5. The fraction of sp³-hybridized carbons (Fsp3) is 0.351. The summed E-state index contributed by atoms with van der Waals surface area (Å²) >= 11 is 6.76. The minimum absolute atomic E-state index is 0.206. The zero-order valence-corrected chi connectivity index (χ0v) is 25.9. The van der Waals surface area contributed by atoms with Crippen molar-refractivity contribution in [2.75, 3.05) is 13.2 Å². The van der Waals surface area contributed by atoms with Gasteiger partial charge in [-0.15, -0.1) is 0 Å². The number of halogens is 1. The van der Waals surface area contributed by atoms with Crippen LogP contribution in [0.25, 0.3) is 0 Å². The number of ether oxygens (including phenoxy) is 5. The van der Waals surface area contributed by atoms with Crippen molar-refractivity contribution < 1.29 is 28.8 Å². The quantitative estimate of drug-likeness (QED) is 0.182. The standard InChI is InChI=1S/C37H39ClO6/c1-3-36-25-43-37(44-36,30-17-20-32(38)29(22-30)21-26-15-18-31(19-16-26)40-4-2)35(42-24-28-13-9-6-10-14-28)33(34(36)39)41-23-27-11-7-5-8-12-27/h5-20,22,33-35,39H,3-4,21,23-25H2,1-2H3/t33-,34+,35+,36-,37-/m0/s1. The van der Waals surface area contributed by atoms with Crippen molar-refractivity contribution in [3.8, 4) is 5.75 Å². The lowest BCUT2D eigenvalue weighted by Crippen LogP contribution is -2.65. The van der Waals surface area contributed by atoms with Crippen LogP contribution < -0.4 is 4.74 Å². The lowest BCUT2D eigenvalue weighted by atomic mass is 9.81. The van der Waals surface area contributed by atoms with E-state index < -0.39 is 29.7 Å². The summed E-state index contributed by atoms with van der Waals surface area (Å²) in [7, 11) is 0. The Kier molecular flexibility index (Phi) is 9.38. The van der Waals surface area contributed by atoms with Gasteiger partial charge in [0, 0.05) is 10.6 Å². The third kappa shape index (κ3) is 6.16. The molecule has 2 saturated heterocycles. The molecule has 7 heteroatoms. The molecule has 0 radical (unpaired) electrons. The van der Waals surface area contributed by atoms with Gasteiger partial charge in [-0.25, -0.2) is 0 Å². The van der Waals surface area contributed by atoms with Gasteiger partial charge in [-0.3, -0.25) is 0 Å². The van der Waals surface area contributed by atoms with Crippen LogP contribution in [0, 0.1) is 0 Å². The maximum Gasteiger partial charge on any atom is 0.225 e. The number of benzene rings is 4. The molecule has 44 heavy (non-hydrogen) atoms. The number of fused-ring (bicyclic) bond motifs is 2. The largest absolute Gasteiger partial charge is 0.494 e. The maximum atomic E-state index is 11.8. The molecule has 0 unspecified atom stereocenters. The molecule has 2 aliphatic rings. The van der Waals surface area contributed by atoms with Gasteiger partial charge in [-0.2, -0.15) is 0 Å². The Hall–Kier alpha value is -3.23. The normalized spacial score (nSPS) is 26.0. The molecule has 2 fully saturated rings. The van der Waals surface area contributed by atoms with E-state index in [1.165, 1.54) is 0 Å². The summed E-state index contributed by atoms with van der Waals surface area (Å²) in [5.74, 6) is -0.483. The van der Waals surface area contributed by atoms with E-state index in [0.717, 1.165) is 33.6 Å². The van der Waals surface area contributed by atoms with Crippen LogP contribution in [0.5, 0.6) is 5.75 Å². The van der Waals surface area contributed by atoms with Crippen molar-refractivity contribution in [2.45, 2.75) is 69.6 Å². The monoisotopic (exact) mass is 614 g/mol. The molecule has 0 aromatic heterocycles. The van der Waals surface area contributed by atoms with Crippen molar-refractivity contribution >= 4 is 11.6 Å². The fourth-order valence-corrected chi connectivity index (χ4v) is 6.36. The third-order valence-electron chi connectivity index (χ3n) is 8.64. The van der Waals surface area contributed by atoms with Gasteiger partial charge < -0.3 is 28.8 Å². The van der Waals surface area contributed by atoms with E-state index in [2.05, 4.69) is 0 Å². The van der Waals surface area contributed by atoms with E-state index >= 15 is 0 Å². The summed E-state index contributed by atoms with van der Waals surface area (Å²) in [5, 5.41) is 12.5. The predicted molar refractivity (Wildman–Crippen MR) is 170 cm³/mol. The molecule has 0 amide bonds. The van der Waals surface area contributed by atoms with E-state index in [-0.39, 0.29) is 6.61 Å². The van der Waals surface area contributed by atoms with Crippen LogP contribution in [-0.4, -0.2) is 42.2 Å². The Morgan fingerprint density at radius 3 is 2.11 bits per heavy atom. The fourth-order valence-electron chi connectivity index (χ4n) is 6.17. The molecule has 2 aliphatic heterocycles. The first-order valence-corrected chi connectivity index (χ1v) is 15.7. The van der Waals surface area contributed by atoms with Crippen LogP contribution in [0.15, 0.2) is 103 Å². The van der Waals surface area contributed by atoms with Crippen LogP contribution in [0.2, 0.25) is 5.02 Å². The molecule has 2 bridgehead atoms. The number of hydrogen-bond acceptors (Lipinski definition) is 6. The molecule has 230 valence electrons. The van der Waals surface area contributed by atoms with E-state index in [1.54, 1.807) is 0 Å². The Labute approximate surface area is 264 Å². The van der Waals surface area contributed by atoms with Gasteiger partial charge in [-0.05, 0) is 66.3 Å². The second kappa shape index (κ2) is 13.4. The van der Waals surface area contributed by atoms with Crippen molar-refractivity contribution in [1.29, 1.82) is 0 Å². The second-order valence-electron chi connectivity index (χ2n) is 11.5. The Bertz CT molecular complexity index is 1510. The molecule has 4 aromatic carbocycles. The summed E-state index contributed by atoms with van der Waals surface area (Å²) in [6, 6.07) is 33.8. The van der Waals surface area contributed by atoms with E-state index in [4.69, 9.17) is 35.3 Å². The van der Waals surface area contributed by atoms with E-state index in [9.17, 15) is 5.11 Å². The molecule has 2 heterocycles. The zero-order chi connectivity index (χ0) is 30.6. The molecular formula is C37H39ClO6. The van der Waals surface area contributed by atoms with Crippen LogP contribution in [0.4, 0.5) is 0 Å². The van der Waals surface area contributed by atoms with Gasteiger partial charge in [0.2, 0.25) is 5.79 Å². The van der Waals surface area contributed by atoms with E-state index in [0.29, 0.717) is 37.7 Å². The topological polar surface area (TPSA) is 66.4 Å². The molecule has 0 saturated carbocycles. The summed E-state index contributed by atoms with van der Waals surface area (Å²) in [5.41, 5.74) is 3.85. The third-order valence-corrected chi connectivity index (χ3v) is 9.01. The van der Waals surface area contributed by atoms with Crippen LogP contribution in [0.3, 0.4) is 0 Å². The van der Waals surface area contributed by atoms with Gasteiger partial charge in [-0.1, -0.05) is 97.4 Å². The molecule has 1 N–H and O–H groups in total. The SMILES string of the molecule is CCOc1ccc(Cc2cc([C@]34OC[C@](CC)(O3)[C@H](O)[C@H](OCc3ccccc3)[C@H]4OCc3ccccc3)ccc2Cl)cc1. The zero-order valence-electron chi connectivity index (χ0n) is 25.2. The molecular weight excluding hydrogens is 576 g/mol. The lowest BCUT2D eigenvalue weighted by Gasteiger charge is -2.49. The highest BCUT2D eigenvalue weighted by Crippen LogP contribution is 2.53. The number of rotatable bonds is 12. The Morgan fingerprint density at radius 2 is 1.48 bits per heavy atom. The minimum Gasteiger partial charge on any atom is -0.494 e. The summed E-state index contributed by atoms with van der Waals surface area (Å²) in [4.78, 5) is 0. The van der Waals surface area contributed by atoms with Crippen molar-refractivity contribution in [3.05, 3.63) is 136 Å². The average Bonchev–Trinajstić information content (AvgIpc) is 3.43. The van der Waals surface area contributed by atoms with E-state index in [1.807, 2.05) is 117 Å². The Balaban J connectivity index is 1.37. The highest BCUT2D eigenvalue weighted by atomic mass is 35.5. The van der Waals surface area contributed by atoms with Crippen LogP contribution in [-0.2, 0) is 44.4 Å². The van der Waals surface area contributed by atoms with Crippen LogP contribution in [0.1, 0.15) is 48.1 Å². The minimum atomic E-state index is -1.32. The molecule has 0 aliphatic carbocycles. The van der Waals surface area contributed by atoms with Crippen molar-refractivity contribution in [1.82, 2.24) is 0 Å². The first-order valence-electron chi connectivity index (χ1n) is 15.3. The van der Waals surface area contributed by atoms with Gasteiger partial charge in [0.05, 0.1) is 26.4 Å². The summed E-state index contributed by atoms with van der Waals surface area (Å²) in [6.45, 7) is 5.40. The molecule has 6 rings (SSSR count). The van der Waals surface area contributed by atoms with Gasteiger partial charge in [0.15, 0.2) is 0 Å². The highest BCUT2D eigenvalue weighted by Gasteiger charge is 2.68. The Morgan fingerprint density at radius 1 is 0.818 bits per heavy atom. The van der Waals surface area contributed by atoms with Gasteiger partial charge >= 0.3 is 0 Å². The smallest absolute Gasteiger partial charge is 0.225 e. The average molecular weight is 615 g/mol. The molecule has 6 nitrogen and oxygen atoms in total. The maximum absolute atomic E-state index is 11.8. The first kappa shape index (κ1) is 30.8. The molecule has 5 atom stereocenters. The lowest BCUT2D eigenvalue weighted by molar-refractivity contribution is -0.344. The number of aliphatic hydroxyl groups is 1. The summed E-state index contributed by atoms with van der Waals surface area (Å²) < 4.78 is 32.3. The summed E-state index contributed by atoms with van der Waals surface area (Å²) in [6.07, 6.45) is -1.31. The highest BCUT2D eigenvalue weighted by molar-refractivity contribution is 6.31. The van der Waals surface area contributed by atoms with Crippen molar-refractivity contribution in [3.63, 3.8) is 0 Å². The molecule has 0 spiro atoms. The van der Waals surface area contributed by atoms with Crippen LogP contribution >= 0.6 is 11.6 Å². The predicted octanol–water partition coefficient (Wildman–Crippen LogP) is 7.22. The second-order valence-corrected chi connectivity index (χ2v) is 11.9. The number of aliphatic hydroxyl groups excluding tert-OH is 1.